The molecule has 0 spiro atoms. The molecule has 0 atom stereocenters. The van der Waals surface area contributed by atoms with Gasteiger partial charge < -0.3 is 32.6 Å². The summed E-state index contributed by atoms with van der Waals surface area (Å²) in [6, 6.07) is 24.2. The lowest BCUT2D eigenvalue weighted by Crippen LogP contribution is -3.00. The number of phenolic OH excluding ortho intramolecular Hbond substituents is 1. The third kappa shape index (κ3) is 7.22. The van der Waals surface area contributed by atoms with Gasteiger partial charge in [-0.15, -0.1) is 0 Å². The van der Waals surface area contributed by atoms with E-state index in [2.05, 4.69) is 54.1 Å². The summed E-state index contributed by atoms with van der Waals surface area (Å²) in [5.74, 6) is 0.874. The predicted molar refractivity (Wildman–Crippen MR) is 134 cm³/mol. The van der Waals surface area contributed by atoms with Crippen LogP contribution in [0.4, 0.5) is 16.2 Å². The largest absolute Gasteiger partial charge is 1.00 e. The summed E-state index contributed by atoms with van der Waals surface area (Å²) < 4.78 is 0.870. The van der Waals surface area contributed by atoms with Crippen molar-refractivity contribution < 1.29 is 26.8 Å². The van der Waals surface area contributed by atoms with E-state index in [-0.39, 0.29) is 24.2 Å². The minimum Gasteiger partial charge on any atom is -1.00 e. The second-order valence-corrected chi connectivity index (χ2v) is 9.47. The van der Waals surface area contributed by atoms with E-state index in [4.69, 9.17) is 5.26 Å². The molecule has 2 amide bonds. The third-order valence-electron chi connectivity index (χ3n) is 6.66. The Labute approximate surface area is 213 Å². The topological polar surface area (TPSA) is 85.2 Å². The van der Waals surface area contributed by atoms with Crippen LogP contribution in [0.3, 0.4) is 0 Å². The Morgan fingerprint density at radius 1 is 1.03 bits per heavy atom. The molecule has 0 radical (unpaired) electrons. The SMILES string of the molecule is C[N+]1(Cc2cc(O)ccc2NC(=O)Nc2cccc(C#N)c2)CCC(Cc2ccccc2)CC1.[Cl-]. The van der Waals surface area contributed by atoms with Gasteiger partial charge in [0.2, 0.25) is 0 Å². The number of halogens is 1. The van der Waals surface area contributed by atoms with Crippen LogP contribution in [0.25, 0.3) is 0 Å². The second kappa shape index (κ2) is 11.7. The molecule has 1 aliphatic rings. The maximum atomic E-state index is 12.6. The molecule has 0 aliphatic carbocycles. The average Bonchev–Trinajstić information content (AvgIpc) is 2.83. The Bertz CT molecular complexity index is 1190. The van der Waals surface area contributed by atoms with Crippen LogP contribution in [0.2, 0.25) is 0 Å². The molecule has 7 heteroatoms. The summed E-state index contributed by atoms with van der Waals surface area (Å²) >= 11 is 0. The van der Waals surface area contributed by atoms with Crippen LogP contribution < -0.4 is 23.0 Å². The summed E-state index contributed by atoms with van der Waals surface area (Å²) in [6.45, 7) is 2.84. The number of nitrogens with one attached hydrogen (secondary N) is 2. The van der Waals surface area contributed by atoms with Crippen LogP contribution >= 0.6 is 0 Å². The summed E-state index contributed by atoms with van der Waals surface area (Å²) in [6.07, 6.45) is 3.43. The van der Waals surface area contributed by atoms with Gasteiger partial charge in [-0.05, 0) is 67.1 Å². The highest BCUT2D eigenvalue weighted by atomic mass is 35.5. The van der Waals surface area contributed by atoms with Crippen molar-refractivity contribution in [3.8, 4) is 11.8 Å². The van der Waals surface area contributed by atoms with Crippen LogP contribution in [0.5, 0.6) is 5.75 Å². The van der Waals surface area contributed by atoms with E-state index in [1.165, 1.54) is 5.56 Å². The molecule has 0 saturated carbocycles. The number of carbonyl (C=O) groups is 1. The average molecular weight is 491 g/mol. The third-order valence-corrected chi connectivity index (χ3v) is 6.66. The van der Waals surface area contributed by atoms with Crippen LogP contribution in [-0.4, -0.2) is 35.8 Å². The molecule has 3 N–H and O–H groups in total. The fraction of sp³-hybridized carbons (Fsp3) is 0.286. The first kappa shape index (κ1) is 26.1. The van der Waals surface area contributed by atoms with E-state index in [1.807, 2.05) is 0 Å². The second-order valence-electron chi connectivity index (χ2n) is 9.47. The lowest BCUT2D eigenvalue weighted by Gasteiger charge is -2.41. The number of likely N-dealkylation sites (tertiary alicyclic amines) is 1. The number of urea groups is 1. The molecule has 3 aromatic carbocycles. The number of rotatable bonds is 6. The standard InChI is InChI=1S/C28H30N4O2.ClH/c1-32(14-12-22(13-15-32)16-21-6-3-2-4-7-21)20-24-18-26(33)10-11-27(24)31-28(34)30-25-9-5-8-23(17-25)19-29;/h2-11,17-18,22H,12-16,20H2,1H3,(H2-,30,31,33,34);1H. The number of anilines is 2. The van der Waals surface area contributed by atoms with Gasteiger partial charge >= 0.3 is 6.03 Å². The zero-order valence-electron chi connectivity index (χ0n) is 19.9. The van der Waals surface area contributed by atoms with E-state index < -0.39 is 0 Å². The van der Waals surface area contributed by atoms with Crippen LogP contribution in [0.15, 0.2) is 72.8 Å². The van der Waals surface area contributed by atoms with Gasteiger partial charge in [0.1, 0.15) is 12.3 Å². The normalized spacial score (nSPS) is 19.1. The molecule has 1 fully saturated rings. The van der Waals surface area contributed by atoms with Crippen molar-refractivity contribution in [1.29, 1.82) is 5.26 Å². The van der Waals surface area contributed by atoms with Crippen molar-refractivity contribution in [3.05, 3.63) is 89.5 Å². The fourth-order valence-electron chi connectivity index (χ4n) is 4.75. The Balaban J connectivity index is 0.00000342. The first-order chi connectivity index (χ1) is 16.4. The maximum absolute atomic E-state index is 12.6. The molecular weight excluding hydrogens is 460 g/mol. The van der Waals surface area contributed by atoms with Crippen molar-refractivity contribution in [3.63, 3.8) is 0 Å². The van der Waals surface area contributed by atoms with E-state index in [0.29, 0.717) is 22.9 Å². The van der Waals surface area contributed by atoms with Gasteiger partial charge in [-0.1, -0.05) is 36.4 Å². The van der Waals surface area contributed by atoms with Gasteiger partial charge in [0.25, 0.3) is 0 Å². The summed E-state index contributed by atoms with van der Waals surface area (Å²) in [7, 11) is 2.25. The van der Waals surface area contributed by atoms with Crippen molar-refractivity contribution in [2.45, 2.75) is 25.8 Å². The fourth-order valence-corrected chi connectivity index (χ4v) is 4.75. The predicted octanol–water partition coefficient (Wildman–Crippen LogP) is 2.51. The monoisotopic (exact) mass is 490 g/mol. The minimum atomic E-state index is -0.383. The van der Waals surface area contributed by atoms with E-state index in [1.54, 1.807) is 42.5 Å². The van der Waals surface area contributed by atoms with Gasteiger partial charge in [0.15, 0.2) is 0 Å². The molecular formula is C28H31ClN4O2. The number of piperidine rings is 1. The number of amides is 2. The van der Waals surface area contributed by atoms with Crippen molar-refractivity contribution in [2.24, 2.45) is 5.92 Å². The van der Waals surface area contributed by atoms with Crippen molar-refractivity contribution >= 4 is 17.4 Å². The van der Waals surface area contributed by atoms with Gasteiger partial charge in [-0.25, -0.2) is 4.79 Å². The van der Waals surface area contributed by atoms with Gasteiger partial charge in [-0.2, -0.15) is 5.26 Å². The smallest absolute Gasteiger partial charge is 0.323 e. The number of nitriles is 1. The number of carbonyl (C=O) groups excluding carboxylic acids is 1. The lowest BCUT2D eigenvalue weighted by atomic mass is 9.89. The number of hydrogen-bond donors (Lipinski definition) is 3. The van der Waals surface area contributed by atoms with Gasteiger partial charge in [0.05, 0.1) is 37.5 Å². The molecule has 1 aliphatic heterocycles. The van der Waals surface area contributed by atoms with Crippen molar-refractivity contribution in [1.82, 2.24) is 0 Å². The maximum Gasteiger partial charge on any atom is 0.323 e. The Kier molecular flexibility index (Phi) is 8.75. The zero-order valence-corrected chi connectivity index (χ0v) is 20.6. The van der Waals surface area contributed by atoms with E-state index in [9.17, 15) is 9.90 Å². The molecule has 0 bridgehead atoms. The van der Waals surface area contributed by atoms with Gasteiger partial charge in [-0.3, -0.25) is 0 Å². The van der Waals surface area contributed by atoms with Crippen LogP contribution in [0.1, 0.15) is 29.5 Å². The molecule has 1 heterocycles. The number of aromatic hydroxyl groups is 1. The highest BCUT2D eigenvalue weighted by Crippen LogP contribution is 2.30. The van der Waals surface area contributed by atoms with E-state index >= 15 is 0 Å². The first-order valence-corrected chi connectivity index (χ1v) is 11.7. The van der Waals surface area contributed by atoms with Gasteiger partial charge in [0, 0.05) is 11.3 Å². The lowest BCUT2D eigenvalue weighted by molar-refractivity contribution is -0.928. The summed E-state index contributed by atoms with van der Waals surface area (Å²) in [5, 5.41) is 24.9. The minimum absolute atomic E-state index is 0. The van der Waals surface area contributed by atoms with E-state index in [0.717, 1.165) is 48.9 Å². The molecule has 35 heavy (non-hydrogen) atoms. The number of nitrogens with zero attached hydrogens (tertiary/aromatic N) is 2. The number of benzene rings is 3. The number of phenols is 1. The highest BCUT2D eigenvalue weighted by Gasteiger charge is 2.31. The number of quaternary nitrogens is 1. The van der Waals surface area contributed by atoms with Crippen LogP contribution in [0, 0.1) is 17.2 Å². The highest BCUT2D eigenvalue weighted by molar-refractivity contribution is 6.00. The Hall–Kier alpha value is -3.53. The molecule has 4 rings (SSSR count). The molecule has 0 aromatic heterocycles. The van der Waals surface area contributed by atoms with Crippen LogP contribution in [-0.2, 0) is 13.0 Å². The Morgan fingerprint density at radius 3 is 2.49 bits per heavy atom. The number of hydrogen-bond acceptors (Lipinski definition) is 3. The molecule has 0 unspecified atom stereocenters. The zero-order chi connectivity index (χ0) is 24.0. The molecule has 3 aromatic rings. The summed E-state index contributed by atoms with van der Waals surface area (Å²) in [5.41, 5.74) is 4.02. The summed E-state index contributed by atoms with van der Waals surface area (Å²) in [4.78, 5) is 12.6. The quantitative estimate of drug-likeness (QED) is 0.366. The molecule has 6 nitrogen and oxygen atoms in total. The molecule has 182 valence electrons. The first-order valence-electron chi connectivity index (χ1n) is 11.7. The molecule has 1 saturated heterocycles. The Morgan fingerprint density at radius 2 is 1.77 bits per heavy atom. The van der Waals surface area contributed by atoms with Crippen molar-refractivity contribution in [2.75, 3.05) is 30.8 Å².